The lowest BCUT2D eigenvalue weighted by molar-refractivity contribution is -0.146. The molecule has 2 amide bonds. The van der Waals surface area contributed by atoms with Crippen molar-refractivity contribution in [1.82, 2.24) is 10.2 Å². The van der Waals surface area contributed by atoms with Gasteiger partial charge in [0, 0.05) is 19.6 Å². The van der Waals surface area contributed by atoms with E-state index < -0.39 is 11.4 Å². The lowest BCUT2D eigenvalue weighted by Crippen LogP contribution is -2.41. The van der Waals surface area contributed by atoms with E-state index in [4.69, 9.17) is 5.11 Å². The van der Waals surface area contributed by atoms with Gasteiger partial charge in [-0.1, -0.05) is 13.8 Å². The van der Waals surface area contributed by atoms with Gasteiger partial charge in [-0.3, -0.25) is 4.79 Å². The molecule has 1 rings (SSSR count). The first kappa shape index (κ1) is 14.8. The minimum absolute atomic E-state index is 0.135. The summed E-state index contributed by atoms with van der Waals surface area (Å²) in [5.41, 5.74) is -0.782. The van der Waals surface area contributed by atoms with Gasteiger partial charge in [-0.15, -0.1) is 0 Å². The highest BCUT2D eigenvalue weighted by Crippen LogP contribution is 2.29. The van der Waals surface area contributed by atoms with Gasteiger partial charge in [0.15, 0.2) is 0 Å². The summed E-state index contributed by atoms with van der Waals surface area (Å²) in [4.78, 5) is 24.5. The Kier molecular flexibility index (Phi) is 4.99. The largest absolute Gasteiger partial charge is 0.481 e. The molecule has 1 saturated heterocycles. The molecule has 1 fully saturated rings. The summed E-state index contributed by atoms with van der Waals surface area (Å²) >= 11 is 0. The maximum Gasteiger partial charge on any atom is 0.317 e. The number of nitrogens with one attached hydrogen (secondary N) is 1. The van der Waals surface area contributed by atoms with Crippen molar-refractivity contribution in [3.63, 3.8) is 0 Å². The first-order valence-electron chi connectivity index (χ1n) is 6.61. The van der Waals surface area contributed by atoms with Crippen LogP contribution in [0.5, 0.6) is 0 Å². The van der Waals surface area contributed by atoms with Crippen LogP contribution in [0.1, 0.15) is 40.0 Å². The van der Waals surface area contributed by atoms with E-state index in [1.165, 1.54) is 0 Å². The highest BCUT2D eigenvalue weighted by Gasteiger charge is 2.42. The van der Waals surface area contributed by atoms with E-state index in [-0.39, 0.29) is 6.03 Å². The van der Waals surface area contributed by atoms with Crippen LogP contribution in [0.15, 0.2) is 0 Å². The number of aliphatic carboxylic acids is 1. The Bertz CT molecular complexity index is 317. The van der Waals surface area contributed by atoms with Crippen molar-refractivity contribution >= 4 is 12.0 Å². The Labute approximate surface area is 109 Å². The molecule has 0 aromatic heterocycles. The maximum atomic E-state index is 11.8. The lowest BCUT2D eigenvalue weighted by atomic mass is 9.90. The number of likely N-dealkylation sites (tertiary alicyclic amines) is 1. The molecule has 0 saturated carbocycles. The van der Waals surface area contributed by atoms with E-state index in [0.717, 1.165) is 12.8 Å². The Morgan fingerprint density at radius 1 is 1.44 bits per heavy atom. The van der Waals surface area contributed by atoms with Crippen LogP contribution in [0.4, 0.5) is 4.79 Å². The zero-order valence-corrected chi connectivity index (χ0v) is 11.5. The average Bonchev–Trinajstić information content (AvgIpc) is 2.68. The Morgan fingerprint density at radius 2 is 2.11 bits per heavy atom. The molecular formula is C13H24N2O3. The van der Waals surface area contributed by atoms with Gasteiger partial charge in [0.05, 0.1) is 5.41 Å². The number of carbonyl (C=O) groups is 2. The quantitative estimate of drug-likeness (QED) is 0.738. The molecule has 1 atom stereocenters. The smallest absolute Gasteiger partial charge is 0.317 e. The van der Waals surface area contributed by atoms with Crippen molar-refractivity contribution in [3.8, 4) is 0 Å². The maximum absolute atomic E-state index is 11.8. The fourth-order valence-electron chi connectivity index (χ4n) is 2.13. The van der Waals surface area contributed by atoms with Crippen LogP contribution in [-0.4, -0.2) is 41.6 Å². The monoisotopic (exact) mass is 256 g/mol. The zero-order chi connectivity index (χ0) is 13.8. The number of nitrogens with zero attached hydrogens (tertiary/aromatic N) is 1. The predicted octanol–water partition coefficient (Wildman–Crippen LogP) is 1.93. The molecule has 0 bridgehead atoms. The highest BCUT2D eigenvalue weighted by atomic mass is 16.4. The highest BCUT2D eigenvalue weighted by molar-refractivity contribution is 5.79. The van der Waals surface area contributed by atoms with E-state index >= 15 is 0 Å². The topological polar surface area (TPSA) is 69.6 Å². The number of carboxylic acids is 1. The van der Waals surface area contributed by atoms with Crippen LogP contribution in [-0.2, 0) is 4.79 Å². The summed E-state index contributed by atoms with van der Waals surface area (Å²) < 4.78 is 0. The molecular weight excluding hydrogens is 232 g/mol. The summed E-state index contributed by atoms with van der Waals surface area (Å²) in [6.07, 6.45) is 2.59. The van der Waals surface area contributed by atoms with E-state index in [1.807, 2.05) is 0 Å². The van der Waals surface area contributed by atoms with Gasteiger partial charge in [0.2, 0.25) is 0 Å². The van der Waals surface area contributed by atoms with Crippen LogP contribution in [0.2, 0.25) is 0 Å². The van der Waals surface area contributed by atoms with Crippen LogP contribution >= 0.6 is 0 Å². The molecule has 1 aliphatic rings. The number of hydrogen-bond donors (Lipinski definition) is 2. The molecule has 1 aliphatic heterocycles. The summed E-state index contributed by atoms with van der Waals surface area (Å²) in [7, 11) is 0. The van der Waals surface area contributed by atoms with E-state index in [9.17, 15) is 9.59 Å². The molecule has 5 nitrogen and oxygen atoms in total. The molecule has 1 heterocycles. The van der Waals surface area contributed by atoms with Gasteiger partial charge in [-0.25, -0.2) is 4.79 Å². The number of carbonyl (C=O) groups excluding carboxylic acids is 1. The summed E-state index contributed by atoms with van der Waals surface area (Å²) in [6.45, 7) is 7.50. The van der Waals surface area contributed by atoms with Crippen molar-refractivity contribution in [2.45, 2.75) is 40.0 Å². The third-order valence-corrected chi connectivity index (χ3v) is 3.51. The molecule has 0 aliphatic carbocycles. The molecule has 104 valence electrons. The molecule has 0 aromatic rings. The third kappa shape index (κ3) is 3.89. The standard InChI is InChI=1S/C13H24N2O3/c1-10(2)5-4-7-14-12(18)15-8-6-13(3,9-15)11(16)17/h10H,4-9H2,1-3H3,(H,14,18)(H,16,17). The SMILES string of the molecule is CC(C)CCCNC(=O)N1CCC(C)(C(=O)O)C1. The van der Waals surface area contributed by atoms with Crippen LogP contribution in [0, 0.1) is 11.3 Å². The third-order valence-electron chi connectivity index (χ3n) is 3.51. The van der Waals surface area contributed by atoms with Crippen molar-refractivity contribution in [3.05, 3.63) is 0 Å². The molecule has 5 heteroatoms. The van der Waals surface area contributed by atoms with Crippen molar-refractivity contribution in [2.24, 2.45) is 11.3 Å². The number of rotatable bonds is 5. The van der Waals surface area contributed by atoms with Gasteiger partial charge < -0.3 is 15.3 Å². The van der Waals surface area contributed by atoms with E-state index in [0.29, 0.717) is 32.0 Å². The molecule has 0 radical (unpaired) electrons. The second-order valence-corrected chi connectivity index (χ2v) is 5.81. The predicted molar refractivity (Wildman–Crippen MR) is 69.4 cm³/mol. The minimum Gasteiger partial charge on any atom is -0.481 e. The van der Waals surface area contributed by atoms with Crippen molar-refractivity contribution < 1.29 is 14.7 Å². The van der Waals surface area contributed by atoms with Gasteiger partial charge in [-0.2, -0.15) is 0 Å². The average molecular weight is 256 g/mol. The molecule has 18 heavy (non-hydrogen) atoms. The number of urea groups is 1. The molecule has 0 aromatic carbocycles. The van der Waals surface area contributed by atoms with Crippen LogP contribution < -0.4 is 5.32 Å². The normalized spacial score (nSPS) is 23.4. The molecule has 1 unspecified atom stereocenters. The van der Waals surface area contributed by atoms with Gasteiger partial charge in [-0.05, 0) is 32.1 Å². The fourth-order valence-corrected chi connectivity index (χ4v) is 2.13. The fraction of sp³-hybridized carbons (Fsp3) is 0.846. The van der Waals surface area contributed by atoms with Gasteiger partial charge in [0.25, 0.3) is 0 Å². The summed E-state index contributed by atoms with van der Waals surface area (Å²) in [6, 6.07) is -0.135. The Hall–Kier alpha value is -1.26. The second kappa shape index (κ2) is 6.07. The molecule has 0 spiro atoms. The Balaban J connectivity index is 2.30. The Morgan fingerprint density at radius 3 is 2.61 bits per heavy atom. The van der Waals surface area contributed by atoms with Gasteiger partial charge in [0.1, 0.15) is 0 Å². The summed E-state index contributed by atoms with van der Waals surface area (Å²) in [5.74, 6) is -0.179. The van der Waals surface area contributed by atoms with E-state index in [1.54, 1.807) is 11.8 Å². The van der Waals surface area contributed by atoms with Crippen molar-refractivity contribution in [1.29, 1.82) is 0 Å². The summed E-state index contributed by atoms with van der Waals surface area (Å²) in [5, 5.41) is 11.9. The van der Waals surface area contributed by atoms with Crippen LogP contribution in [0.25, 0.3) is 0 Å². The first-order chi connectivity index (χ1) is 8.35. The minimum atomic E-state index is -0.822. The second-order valence-electron chi connectivity index (χ2n) is 5.81. The van der Waals surface area contributed by atoms with Crippen molar-refractivity contribution in [2.75, 3.05) is 19.6 Å². The molecule has 2 N–H and O–H groups in total. The van der Waals surface area contributed by atoms with Gasteiger partial charge >= 0.3 is 12.0 Å². The van der Waals surface area contributed by atoms with E-state index in [2.05, 4.69) is 19.2 Å². The number of carboxylic acid groups (broad SMARTS) is 1. The zero-order valence-electron chi connectivity index (χ0n) is 11.5. The number of hydrogen-bond acceptors (Lipinski definition) is 2. The number of amides is 2. The lowest BCUT2D eigenvalue weighted by Gasteiger charge is -2.20. The van der Waals surface area contributed by atoms with Crippen LogP contribution in [0.3, 0.4) is 0 Å². The first-order valence-corrected chi connectivity index (χ1v) is 6.61.